The fraction of sp³-hybridized carbons (Fsp3) is 0.188. The van der Waals surface area contributed by atoms with Gasteiger partial charge in [0.1, 0.15) is 0 Å². The number of benzene rings is 4. The van der Waals surface area contributed by atoms with Crippen LogP contribution < -0.4 is 20.7 Å². The first kappa shape index (κ1) is 28.2. The second-order valence-electron chi connectivity index (χ2n) is 9.71. The van der Waals surface area contributed by atoms with E-state index in [1.807, 2.05) is 72.8 Å². The number of hydrogen-bond donors (Lipinski definition) is 2. The summed E-state index contributed by atoms with van der Waals surface area (Å²) in [5, 5.41) is 23.4. The van der Waals surface area contributed by atoms with Crippen molar-refractivity contribution in [2.45, 2.75) is 37.8 Å². The van der Waals surface area contributed by atoms with Gasteiger partial charge in [0.15, 0.2) is 0 Å². The Morgan fingerprint density at radius 2 is 0.744 bits per heavy atom. The summed E-state index contributed by atoms with van der Waals surface area (Å²) >= 11 is 0. The average Bonchev–Trinajstić information content (AvgIpc) is 2.97. The van der Waals surface area contributed by atoms with Crippen molar-refractivity contribution in [3.63, 3.8) is 0 Å². The largest absolute Gasteiger partial charge is 0.481 e. The molecule has 7 heteroatoms. The summed E-state index contributed by atoms with van der Waals surface area (Å²) in [7, 11) is -6.08. The second-order valence-corrected chi connectivity index (χ2v) is 17.1. The lowest BCUT2D eigenvalue weighted by atomic mass is 10.3. The van der Waals surface area contributed by atoms with Crippen LogP contribution >= 0.6 is 0 Å². The molecule has 0 aliphatic heterocycles. The summed E-state index contributed by atoms with van der Waals surface area (Å²) in [5.74, 6) is -1.65. The van der Waals surface area contributed by atoms with E-state index in [1.165, 1.54) is 0 Å². The van der Waals surface area contributed by atoms with Crippen LogP contribution in [-0.4, -0.2) is 38.8 Å². The van der Waals surface area contributed by atoms with Crippen molar-refractivity contribution in [2.24, 2.45) is 0 Å². The number of hydrogen-bond acceptors (Lipinski definition) is 3. The molecule has 0 aliphatic carbocycles. The lowest BCUT2D eigenvalue weighted by molar-refractivity contribution is -0.138. The van der Waals surface area contributed by atoms with E-state index in [-0.39, 0.29) is 12.8 Å². The first-order valence-electron chi connectivity index (χ1n) is 13.3. The molecule has 5 nitrogen and oxygen atoms in total. The van der Waals surface area contributed by atoms with Gasteiger partial charge in [-0.05, 0) is 45.7 Å². The average molecular weight is 555 g/mol. The topological polar surface area (TPSA) is 83.8 Å². The highest BCUT2D eigenvalue weighted by Gasteiger charge is 2.49. The third-order valence-corrected chi connectivity index (χ3v) is 17.1. The molecule has 0 amide bonds. The monoisotopic (exact) mass is 554 g/mol. The molecule has 0 radical (unpaired) electrons. The maximum atomic E-state index is 11.6. The minimum atomic E-state index is -3.04. The Bertz CT molecular complexity index is 1150. The van der Waals surface area contributed by atoms with Crippen LogP contribution in [-0.2, 0) is 13.7 Å². The van der Waals surface area contributed by atoms with Crippen LogP contribution in [0.3, 0.4) is 0 Å². The Morgan fingerprint density at radius 3 is 0.974 bits per heavy atom. The molecule has 0 heterocycles. The van der Waals surface area contributed by atoms with Crippen LogP contribution in [0.25, 0.3) is 0 Å². The van der Waals surface area contributed by atoms with Gasteiger partial charge >= 0.3 is 11.9 Å². The Balaban J connectivity index is 1.98. The van der Waals surface area contributed by atoms with Crippen molar-refractivity contribution in [2.75, 3.05) is 0 Å². The summed E-state index contributed by atoms with van der Waals surface area (Å²) in [6, 6.07) is 42.1. The maximum absolute atomic E-state index is 11.6. The van der Waals surface area contributed by atoms with Gasteiger partial charge in [-0.2, -0.15) is 0 Å². The highest BCUT2D eigenvalue weighted by Crippen LogP contribution is 2.26. The van der Waals surface area contributed by atoms with Crippen LogP contribution in [0.15, 0.2) is 121 Å². The molecule has 200 valence electrons. The lowest BCUT2D eigenvalue weighted by Crippen LogP contribution is -2.72. The van der Waals surface area contributed by atoms with Gasteiger partial charge in [-0.3, -0.25) is 9.59 Å². The van der Waals surface area contributed by atoms with E-state index in [1.54, 1.807) is 0 Å². The molecule has 4 aromatic rings. The number of carboxylic acid groups (broad SMARTS) is 2. The summed E-state index contributed by atoms with van der Waals surface area (Å²) in [4.78, 5) is 23.2. The van der Waals surface area contributed by atoms with Crippen molar-refractivity contribution in [3.8, 4) is 0 Å². The fourth-order valence-corrected chi connectivity index (χ4v) is 16.5. The third kappa shape index (κ3) is 6.81. The predicted molar refractivity (Wildman–Crippen MR) is 160 cm³/mol. The fourth-order valence-electron chi connectivity index (χ4n) is 5.35. The van der Waals surface area contributed by atoms with Crippen LogP contribution in [0.2, 0.25) is 12.1 Å². The Hall–Kier alpha value is -3.79. The SMILES string of the molecule is O=C(O)CCC[Si](O[Si](CCCC(=O)O)(c1ccccc1)c1ccccc1)(c1ccccc1)c1ccccc1. The van der Waals surface area contributed by atoms with Crippen molar-refractivity contribution in [3.05, 3.63) is 121 Å². The lowest BCUT2D eigenvalue weighted by Gasteiger charge is -2.43. The van der Waals surface area contributed by atoms with Crippen LogP contribution in [0.4, 0.5) is 0 Å². The minimum Gasteiger partial charge on any atom is -0.481 e. The first-order chi connectivity index (χ1) is 19.0. The molecule has 2 N–H and O–H groups in total. The van der Waals surface area contributed by atoms with Crippen LogP contribution in [0.5, 0.6) is 0 Å². The van der Waals surface area contributed by atoms with Crippen molar-refractivity contribution in [1.29, 1.82) is 0 Å². The zero-order valence-electron chi connectivity index (χ0n) is 21.9. The quantitative estimate of drug-likeness (QED) is 0.228. The zero-order valence-corrected chi connectivity index (χ0v) is 23.9. The molecule has 0 unspecified atom stereocenters. The molecule has 4 aromatic carbocycles. The Morgan fingerprint density at radius 1 is 0.487 bits per heavy atom. The number of aliphatic carboxylic acids is 2. The van der Waals surface area contributed by atoms with Crippen molar-refractivity contribution < 1.29 is 23.9 Å². The van der Waals surface area contributed by atoms with E-state index in [2.05, 4.69) is 48.5 Å². The van der Waals surface area contributed by atoms with Crippen molar-refractivity contribution >= 4 is 49.3 Å². The molecule has 0 aliphatic rings. The number of carboxylic acids is 2. The summed E-state index contributed by atoms with van der Waals surface area (Å²) in [6.07, 6.45) is 1.08. The van der Waals surface area contributed by atoms with Gasteiger partial charge in [-0.15, -0.1) is 0 Å². The molecule has 0 spiro atoms. The van der Waals surface area contributed by atoms with E-state index in [4.69, 9.17) is 4.12 Å². The molecular formula is C32H34O5Si2. The molecule has 0 fully saturated rings. The van der Waals surface area contributed by atoms with E-state index in [9.17, 15) is 19.8 Å². The summed E-state index contributed by atoms with van der Waals surface area (Å²) in [6.45, 7) is 0. The van der Waals surface area contributed by atoms with E-state index in [0.29, 0.717) is 24.9 Å². The standard InChI is InChI=1S/C32H34O5Si2/c33-31(34)23-13-25-38(27-15-5-1-6-16-27,28-17-7-2-8-18-28)37-39(26-14-24-32(35)36,29-19-9-3-10-20-29)30-21-11-4-12-22-30/h1-12,15-22H,13-14,23-26H2,(H,33,34)(H,35,36). The Kier molecular flexibility index (Phi) is 9.65. The second kappa shape index (κ2) is 13.3. The normalized spacial score (nSPS) is 11.7. The summed E-state index contributed by atoms with van der Waals surface area (Å²) < 4.78 is 7.83. The molecule has 0 saturated carbocycles. The van der Waals surface area contributed by atoms with Gasteiger partial charge < -0.3 is 14.3 Å². The summed E-state index contributed by atoms with van der Waals surface area (Å²) in [5.41, 5.74) is 0. The minimum absolute atomic E-state index is 0.0576. The van der Waals surface area contributed by atoms with E-state index in [0.717, 1.165) is 20.7 Å². The van der Waals surface area contributed by atoms with Crippen molar-refractivity contribution in [1.82, 2.24) is 0 Å². The molecule has 4 rings (SSSR count). The van der Waals surface area contributed by atoms with Crippen LogP contribution in [0, 0.1) is 0 Å². The van der Waals surface area contributed by atoms with E-state index >= 15 is 0 Å². The number of rotatable bonds is 14. The molecular weight excluding hydrogens is 521 g/mol. The number of carbonyl (C=O) groups is 2. The van der Waals surface area contributed by atoms with Gasteiger partial charge in [0.2, 0.25) is 16.6 Å². The zero-order chi connectivity index (χ0) is 27.6. The smallest absolute Gasteiger partial charge is 0.303 e. The van der Waals surface area contributed by atoms with Gasteiger partial charge in [-0.1, -0.05) is 121 Å². The first-order valence-corrected chi connectivity index (χ1v) is 17.6. The highest BCUT2D eigenvalue weighted by atomic mass is 28.4. The molecule has 0 atom stereocenters. The van der Waals surface area contributed by atoms with E-state index < -0.39 is 28.6 Å². The molecule has 0 saturated heterocycles. The highest BCUT2D eigenvalue weighted by molar-refractivity contribution is 7.09. The van der Waals surface area contributed by atoms with Gasteiger partial charge in [0.25, 0.3) is 0 Å². The molecule has 0 aromatic heterocycles. The predicted octanol–water partition coefficient (Wildman–Crippen LogP) is 4.25. The van der Waals surface area contributed by atoms with Gasteiger partial charge in [0, 0.05) is 12.8 Å². The van der Waals surface area contributed by atoms with Gasteiger partial charge in [-0.25, -0.2) is 0 Å². The Labute approximate surface area is 232 Å². The molecule has 39 heavy (non-hydrogen) atoms. The molecule has 0 bridgehead atoms. The van der Waals surface area contributed by atoms with Gasteiger partial charge in [0.05, 0.1) is 0 Å². The van der Waals surface area contributed by atoms with Crippen LogP contribution in [0.1, 0.15) is 25.7 Å². The maximum Gasteiger partial charge on any atom is 0.303 e. The third-order valence-electron chi connectivity index (χ3n) is 7.15.